The van der Waals surface area contributed by atoms with Crippen LogP contribution in [0.25, 0.3) is 0 Å². The van der Waals surface area contributed by atoms with E-state index in [9.17, 15) is 0 Å². The third-order valence-electron chi connectivity index (χ3n) is 3.07. The Morgan fingerprint density at radius 2 is 1.87 bits per heavy atom. The molecule has 4 heteroatoms. The Labute approximate surface area is 92.9 Å². The summed E-state index contributed by atoms with van der Waals surface area (Å²) in [5.41, 5.74) is 2.73. The van der Waals surface area contributed by atoms with Crippen molar-refractivity contribution in [3.05, 3.63) is 0 Å². The monoisotopic (exact) mass is 212 g/mol. The summed E-state index contributed by atoms with van der Waals surface area (Å²) in [4.78, 5) is 6.86. The Hall–Kier alpha value is -0.770. The van der Waals surface area contributed by atoms with E-state index in [1.165, 1.54) is 32.1 Å². The predicted molar refractivity (Wildman–Crippen MR) is 64.6 cm³/mol. The van der Waals surface area contributed by atoms with Crippen LogP contribution in [0.3, 0.4) is 0 Å². The molecule has 0 heterocycles. The molecule has 0 unspecified atom stereocenters. The standard InChI is InChI=1S/C11H24N4/c1-3-15(4-2)11(14-12)13-10-8-6-5-7-9-10/h10H,3-9,12H2,1-2H3,(H,13,14). The Bertz CT molecular complexity index is 193. The number of guanidine groups is 1. The van der Waals surface area contributed by atoms with Crippen molar-refractivity contribution in [1.82, 2.24) is 10.3 Å². The fourth-order valence-electron chi connectivity index (χ4n) is 2.12. The quantitative estimate of drug-likeness (QED) is 0.322. The van der Waals surface area contributed by atoms with Gasteiger partial charge in [-0.25, -0.2) is 10.8 Å². The molecule has 0 saturated heterocycles. The first kappa shape index (κ1) is 12.3. The first-order chi connectivity index (χ1) is 7.31. The average Bonchev–Trinajstić information content (AvgIpc) is 2.30. The van der Waals surface area contributed by atoms with Gasteiger partial charge in [-0.1, -0.05) is 19.3 Å². The highest BCUT2D eigenvalue weighted by atomic mass is 15.4. The average molecular weight is 212 g/mol. The minimum atomic E-state index is 0.477. The zero-order valence-electron chi connectivity index (χ0n) is 10.00. The highest BCUT2D eigenvalue weighted by molar-refractivity contribution is 5.79. The summed E-state index contributed by atoms with van der Waals surface area (Å²) >= 11 is 0. The second-order valence-corrected chi connectivity index (χ2v) is 4.06. The van der Waals surface area contributed by atoms with Crippen LogP contribution in [0, 0.1) is 0 Å². The van der Waals surface area contributed by atoms with Crippen molar-refractivity contribution in [3.63, 3.8) is 0 Å². The molecule has 0 radical (unpaired) electrons. The van der Waals surface area contributed by atoms with Crippen LogP contribution in [-0.4, -0.2) is 30.0 Å². The van der Waals surface area contributed by atoms with Crippen LogP contribution in [-0.2, 0) is 0 Å². The number of hydrogen-bond acceptors (Lipinski definition) is 2. The first-order valence-corrected chi connectivity index (χ1v) is 6.11. The second-order valence-electron chi connectivity index (χ2n) is 4.06. The maximum Gasteiger partial charge on any atom is 0.208 e. The minimum Gasteiger partial charge on any atom is -0.342 e. The van der Waals surface area contributed by atoms with E-state index >= 15 is 0 Å². The summed E-state index contributed by atoms with van der Waals surface area (Å²) in [6.45, 7) is 6.15. The van der Waals surface area contributed by atoms with Gasteiger partial charge in [0.15, 0.2) is 0 Å². The Balaban J connectivity index is 2.57. The van der Waals surface area contributed by atoms with Gasteiger partial charge in [0.1, 0.15) is 0 Å². The number of hydrogen-bond donors (Lipinski definition) is 2. The number of nitrogens with zero attached hydrogens (tertiary/aromatic N) is 2. The van der Waals surface area contributed by atoms with Gasteiger partial charge in [-0.3, -0.25) is 5.43 Å². The smallest absolute Gasteiger partial charge is 0.208 e. The lowest BCUT2D eigenvalue weighted by Gasteiger charge is -2.25. The van der Waals surface area contributed by atoms with E-state index < -0.39 is 0 Å². The van der Waals surface area contributed by atoms with Gasteiger partial charge in [0, 0.05) is 13.1 Å². The van der Waals surface area contributed by atoms with Crippen LogP contribution in [0.5, 0.6) is 0 Å². The minimum absolute atomic E-state index is 0.477. The summed E-state index contributed by atoms with van der Waals surface area (Å²) in [5.74, 6) is 6.37. The molecule has 88 valence electrons. The van der Waals surface area contributed by atoms with Gasteiger partial charge in [0.05, 0.1) is 6.04 Å². The largest absolute Gasteiger partial charge is 0.342 e. The van der Waals surface area contributed by atoms with E-state index in [2.05, 4.69) is 24.2 Å². The molecular formula is C11H24N4. The molecule has 1 aliphatic carbocycles. The lowest BCUT2D eigenvalue weighted by Crippen LogP contribution is -2.45. The van der Waals surface area contributed by atoms with Crippen molar-refractivity contribution in [2.24, 2.45) is 10.8 Å². The van der Waals surface area contributed by atoms with E-state index in [0.717, 1.165) is 19.0 Å². The van der Waals surface area contributed by atoms with E-state index in [1.807, 2.05) is 0 Å². The Kier molecular flexibility index (Phi) is 5.47. The van der Waals surface area contributed by atoms with Crippen molar-refractivity contribution in [1.29, 1.82) is 0 Å². The van der Waals surface area contributed by atoms with E-state index in [4.69, 9.17) is 10.8 Å². The molecule has 1 fully saturated rings. The molecule has 0 aromatic heterocycles. The van der Waals surface area contributed by atoms with Crippen molar-refractivity contribution in [2.75, 3.05) is 13.1 Å². The molecule has 15 heavy (non-hydrogen) atoms. The summed E-state index contributed by atoms with van der Waals surface area (Å²) in [6.07, 6.45) is 6.41. The Morgan fingerprint density at radius 1 is 1.27 bits per heavy atom. The van der Waals surface area contributed by atoms with Gasteiger partial charge < -0.3 is 4.90 Å². The molecule has 0 amide bonds. The van der Waals surface area contributed by atoms with E-state index in [0.29, 0.717) is 6.04 Å². The highest BCUT2D eigenvalue weighted by Gasteiger charge is 2.14. The van der Waals surface area contributed by atoms with E-state index in [-0.39, 0.29) is 0 Å². The zero-order valence-corrected chi connectivity index (χ0v) is 10.00. The maximum atomic E-state index is 5.52. The number of hydrazine groups is 1. The lowest BCUT2D eigenvalue weighted by molar-refractivity contribution is 0.412. The molecule has 4 nitrogen and oxygen atoms in total. The third kappa shape index (κ3) is 3.70. The van der Waals surface area contributed by atoms with Crippen LogP contribution in [0.15, 0.2) is 4.99 Å². The van der Waals surface area contributed by atoms with Crippen molar-refractivity contribution < 1.29 is 0 Å². The molecule has 0 bridgehead atoms. The zero-order chi connectivity index (χ0) is 11.1. The lowest BCUT2D eigenvalue weighted by atomic mass is 9.96. The fraction of sp³-hybridized carbons (Fsp3) is 0.909. The topological polar surface area (TPSA) is 53.6 Å². The molecular weight excluding hydrogens is 188 g/mol. The number of rotatable bonds is 3. The molecule has 1 aliphatic rings. The molecule has 0 spiro atoms. The molecule has 0 aliphatic heterocycles. The molecule has 1 rings (SSSR count). The molecule has 3 N–H and O–H groups in total. The van der Waals surface area contributed by atoms with Gasteiger partial charge in [-0.15, -0.1) is 0 Å². The molecule has 1 saturated carbocycles. The normalized spacial score (nSPS) is 19.0. The van der Waals surface area contributed by atoms with E-state index in [1.54, 1.807) is 0 Å². The number of nitrogens with one attached hydrogen (secondary N) is 1. The summed E-state index contributed by atoms with van der Waals surface area (Å²) in [6, 6.07) is 0.477. The van der Waals surface area contributed by atoms with Gasteiger partial charge in [-0.05, 0) is 26.7 Å². The van der Waals surface area contributed by atoms with Crippen molar-refractivity contribution in [2.45, 2.75) is 52.0 Å². The highest BCUT2D eigenvalue weighted by Crippen LogP contribution is 2.20. The molecule has 0 atom stereocenters. The molecule has 0 aromatic carbocycles. The van der Waals surface area contributed by atoms with Gasteiger partial charge in [0.25, 0.3) is 0 Å². The third-order valence-corrected chi connectivity index (χ3v) is 3.07. The van der Waals surface area contributed by atoms with Gasteiger partial charge in [0.2, 0.25) is 5.96 Å². The fourth-order valence-corrected chi connectivity index (χ4v) is 2.12. The summed E-state index contributed by atoms with van der Waals surface area (Å²) < 4.78 is 0. The van der Waals surface area contributed by atoms with Crippen LogP contribution < -0.4 is 11.3 Å². The van der Waals surface area contributed by atoms with Crippen molar-refractivity contribution in [3.8, 4) is 0 Å². The maximum absolute atomic E-state index is 5.52. The first-order valence-electron chi connectivity index (χ1n) is 6.11. The number of aliphatic imine (C=N–C) groups is 1. The van der Waals surface area contributed by atoms with Gasteiger partial charge >= 0.3 is 0 Å². The molecule has 0 aromatic rings. The Morgan fingerprint density at radius 3 is 2.33 bits per heavy atom. The van der Waals surface area contributed by atoms with Crippen LogP contribution in [0.2, 0.25) is 0 Å². The predicted octanol–water partition coefficient (Wildman–Crippen LogP) is 1.48. The SMILES string of the molecule is CCN(CC)C(=NC1CCCCC1)NN. The van der Waals surface area contributed by atoms with Crippen molar-refractivity contribution >= 4 is 5.96 Å². The summed E-state index contributed by atoms with van der Waals surface area (Å²) in [7, 11) is 0. The second kappa shape index (κ2) is 6.67. The van der Waals surface area contributed by atoms with Crippen LogP contribution >= 0.6 is 0 Å². The number of nitrogens with two attached hydrogens (primary N) is 1. The van der Waals surface area contributed by atoms with Gasteiger partial charge in [-0.2, -0.15) is 0 Å². The summed E-state index contributed by atoms with van der Waals surface area (Å²) in [5, 5.41) is 0. The van der Waals surface area contributed by atoms with Crippen LogP contribution in [0.4, 0.5) is 0 Å². The van der Waals surface area contributed by atoms with Crippen LogP contribution in [0.1, 0.15) is 46.0 Å².